The van der Waals surface area contributed by atoms with Gasteiger partial charge in [-0.25, -0.2) is 0 Å². The summed E-state index contributed by atoms with van der Waals surface area (Å²) in [7, 11) is 0. The summed E-state index contributed by atoms with van der Waals surface area (Å²) in [5.41, 5.74) is 1.66. The Morgan fingerprint density at radius 2 is 2.10 bits per heavy atom. The van der Waals surface area contributed by atoms with Crippen molar-refractivity contribution in [1.29, 1.82) is 0 Å². The van der Waals surface area contributed by atoms with Crippen LogP contribution in [0.5, 0.6) is 0 Å². The number of amides is 2. The minimum atomic E-state index is -0.460. The van der Waals surface area contributed by atoms with Crippen molar-refractivity contribution in [3.63, 3.8) is 0 Å². The van der Waals surface area contributed by atoms with E-state index in [9.17, 15) is 9.59 Å². The fourth-order valence-electron chi connectivity index (χ4n) is 2.60. The Labute approximate surface area is 130 Å². The maximum Gasteiger partial charge on any atom is 0.249 e. The van der Waals surface area contributed by atoms with Gasteiger partial charge in [0, 0.05) is 23.7 Å². The van der Waals surface area contributed by atoms with Crippen LogP contribution in [0.3, 0.4) is 0 Å². The van der Waals surface area contributed by atoms with E-state index in [0.717, 1.165) is 11.3 Å². The molecule has 1 N–H and O–H groups in total. The summed E-state index contributed by atoms with van der Waals surface area (Å²) in [4.78, 5) is 26.3. The molecule has 1 aromatic carbocycles. The molecule has 1 saturated heterocycles. The molecule has 1 atom stereocenters. The largest absolute Gasteiger partial charge is 0.344 e. The number of carbonyl (C=O) groups is 2. The second-order valence-electron chi connectivity index (χ2n) is 5.87. The fourth-order valence-corrected chi connectivity index (χ4v) is 2.77. The van der Waals surface area contributed by atoms with Gasteiger partial charge in [0.15, 0.2) is 0 Å². The van der Waals surface area contributed by atoms with E-state index in [2.05, 4.69) is 5.32 Å². The van der Waals surface area contributed by atoms with E-state index in [1.165, 1.54) is 0 Å². The molecule has 1 unspecified atom stereocenters. The first-order chi connectivity index (χ1) is 9.90. The van der Waals surface area contributed by atoms with Crippen molar-refractivity contribution in [1.82, 2.24) is 5.32 Å². The first kappa shape index (κ1) is 15.8. The minimum Gasteiger partial charge on any atom is -0.344 e. The third-order valence-corrected chi connectivity index (χ3v) is 4.11. The normalized spacial score (nSPS) is 19.7. The average Bonchev–Trinajstić information content (AvgIpc) is 2.53. The number of halogens is 1. The lowest BCUT2D eigenvalue weighted by atomic mass is 10.0. The standard InChI is InChI=1S/C16H21ClN2O2/c1-10(2)9-13-16(21)19(8-7-15(20)18-13)14-6-4-5-12(17)11(14)3/h4-6,10,13H,7-9H2,1-3H3,(H,18,20). The van der Waals surface area contributed by atoms with Crippen molar-refractivity contribution >= 4 is 29.1 Å². The SMILES string of the molecule is Cc1c(Cl)cccc1N1CCC(=O)NC(CC(C)C)C1=O. The molecule has 1 aliphatic rings. The quantitative estimate of drug-likeness (QED) is 0.933. The zero-order chi connectivity index (χ0) is 15.6. The van der Waals surface area contributed by atoms with Gasteiger partial charge in [-0.3, -0.25) is 9.59 Å². The molecule has 0 saturated carbocycles. The molecule has 21 heavy (non-hydrogen) atoms. The molecule has 0 radical (unpaired) electrons. The Morgan fingerprint density at radius 3 is 2.76 bits per heavy atom. The van der Waals surface area contributed by atoms with Gasteiger partial charge in [0.05, 0.1) is 0 Å². The first-order valence-electron chi connectivity index (χ1n) is 7.26. The van der Waals surface area contributed by atoms with E-state index < -0.39 is 6.04 Å². The van der Waals surface area contributed by atoms with Crippen LogP contribution in [0, 0.1) is 12.8 Å². The van der Waals surface area contributed by atoms with Crippen LogP contribution in [0.15, 0.2) is 18.2 Å². The van der Waals surface area contributed by atoms with Crippen LogP contribution >= 0.6 is 11.6 Å². The van der Waals surface area contributed by atoms with Crippen molar-refractivity contribution in [2.75, 3.05) is 11.4 Å². The molecular weight excluding hydrogens is 288 g/mol. The number of hydrogen-bond acceptors (Lipinski definition) is 2. The molecule has 2 rings (SSSR count). The van der Waals surface area contributed by atoms with Crippen LogP contribution in [0.1, 0.15) is 32.3 Å². The van der Waals surface area contributed by atoms with E-state index in [0.29, 0.717) is 30.3 Å². The molecule has 0 bridgehead atoms. The number of carbonyl (C=O) groups excluding carboxylic acids is 2. The topological polar surface area (TPSA) is 49.4 Å². The van der Waals surface area contributed by atoms with Gasteiger partial charge >= 0.3 is 0 Å². The van der Waals surface area contributed by atoms with Gasteiger partial charge < -0.3 is 10.2 Å². The molecular formula is C16H21ClN2O2. The fraction of sp³-hybridized carbons (Fsp3) is 0.500. The van der Waals surface area contributed by atoms with Gasteiger partial charge in [-0.2, -0.15) is 0 Å². The van der Waals surface area contributed by atoms with Crippen LogP contribution in [-0.2, 0) is 9.59 Å². The maximum atomic E-state index is 12.8. The van der Waals surface area contributed by atoms with Crippen molar-refractivity contribution in [2.45, 2.75) is 39.7 Å². The Kier molecular flexibility index (Phi) is 4.88. The van der Waals surface area contributed by atoms with Crippen molar-refractivity contribution < 1.29 is 9.59 Å². The maximum absolute atomic E-state index is 12.8. The molecule has 114 valence electrons. The molecule has 0 spiro atoms. The van der Waals surface area contributed by atoms with Crippen LogP contribution < -0.4 is 10.2 Å². The molecule has 4 nitrogen and oxygen atoms in total. The lowest BCUT2D eigenvalue weighted by Gasteiger charge is -2.26. The van der Waals surface area contributed by atoms with Gasteiger partial charge in [0.2, 0.25) is 11.8 Å². The highest BCUT2D eigenvalue weighted by Gasteiger charge is 2.31. The number of nitrogens with one attached hydrogen (secondary N) is 1. The lowest BCUT2D eigenvalue weighted by molar-refractivity contribution is -0.125. The third-order valence-electron chi connectivity index (χ3n) is 3.70. The molecule has 5 heteroatoms. The molecule has 1 aliphatic heterocycles. The molecule has 0 aromatic heterocycles. The Balaban J connectivity index is 2.35. The molecule has 1 aromatic rings. The molecule has 2 amide bonds. The summed E-state index contributed by atoms with van der Waals surface area (Å²) in [5, 5.41) is 3.46. The monoisotopic (exact) mass is 308 g/mol. The van der Waals surface area contributed by atoms with Crippen LogP contribution in [-0.4, -0.2) is 24.4 Å². The summed E-state index contributed by atoms with van der Waals surface area (Å²) in [5.74, 6) is 0.204. The highest BCUT2D eigenvalue weighted by atomic mass is 35.5. The van der Waals surface area contributed by atoms with Crippen LogP contribution in [0.25, 0.3) is 0 Å². The summed E-state index contributed by atoms with van der Waals surface area (Å²) in [6, 6.07) is 5.05. The molecule has 1 heterocycles. The summed E-state index contributed by atoms with van der Waals surface area (Å²) in [6.45, 7) is 6.36. The number of anilines is 1. The lowest BCUT2D eigenvalue weighted by Crippen LogP contribution is -2.45. The highest BCUT2D eigenvalue weighted by molar-refractivity contribution is 6.31. The summed E-state index contributed by atoms with van der Waals surface area (Å²) < 4.78 is 0. The highest BCUT2D eigenvalue weighted by Crippen LogP contribution is 2.28. The van der Waals surface area contributed by atoms with Gasteiger partial charge in [0.25, 0.3) is 0 Å². The Bertz CT molecular complexity index is 557. The third kappa shape index (κ3) is 3.56. The van der Waals surface area contributed by atoms with Crippen LogP contribution in [0.4, 0.5) is 5.69 Å². The van der Waals surface area contributed by atoms with Gasteiger partial charge in [-0.05, 0) is 37.0 Å². The molecule has 1 fully saturated rings. The average molecular weight is 309 g/mol. The molecule has 0 aliphatic carbocycles. The van der Waals surface area contributed by atoms with Gasteiger partial charge in [-0.1, -0.05) is 31.5 Å². The summed E-state index contributed by atoms with van der Waals surface area (Å²) >= 11 is 6.15. The number of rotatable bonds is 3. The second kappa shape index (κ2) is 6.48. The number of benzene rings is 1. The predicted molar refractivity (Wildman–Crippen MR) is 84.5 cm³/mol. The van der Waals surface area contributed by atoms with E-state index >= 15 is 0 Å². The van der Waals surface area contributed by atoms with Crippen molar-refractivity contribution in [2.24, 2.45) is 5.92 Å². The van der Waals surface area contributed by atoms with Crippen molar-refractivity contribution in [3.8, 4) is 0 Å². The van der Waals surface area contributed by atoms with E-state index in [-0.39, 0.29) is 11.8 Å². The smallest absolute Gasteiger partial charge is 0.249 e. The first-order valence-corrected chi connectivity index (χ1v) is 7.63. The Hall–Kier alpha value is -1.55. The van der Waals surface area contributed by atoms with E-state index in [1.54, 1.807) is 11.0 Å². The van der Waals surface area contributed by atoms with E-state index in [4.69, 9.17) is 11.6 Å². The van der Waals surface area contributed by atoms with Crippen LogP contribution in [0.2, 0.25) is 5.02 Å². The van der Waals surface area contributed by atoms with Crippen molar-refractivity contribution in [3.05, 3.63) is 28.8 Å². The zero-order valence-electron chi connectivity index (χ0n) is 12.6. The Morgan fingerprint density at radius 1 is 1.38 bits per heavy atom. The van der Waals surface area contributed by atoms with Gasteiger partial charge in [0.1, 0.15) is 6.04 Å². The summed E-state index contributed by atoms with van der Waals surface area (Å²) in [6.07, 6.45) is 0.951. The second-order valence-corrected chi connectivity index (χ2v) is 6.28. The zero-order valence-corrected chi connectivity index (χ0v) is 13.4. The van der Waals surface area contributed by atoms with E-state index in [1.807, 2.05) is 32.9 Å². The predicted octanol–water partition coefficient (Wildman–Crippen LogP) is 2.92. The minimum absolute atomic E-state index is 0.0556. The number of hydrogen-bond donors (Lipinski definition) is 1. The number of nitrogens with zero attached hydrogens (tertiary/aromatic N) is 1. The van der Waals surface area contributed by atoms with Gasteiger partial charge in [-0.15, -0.1) is 0 Å².